The van der Waals surface area contributed by atoms with Crippen molar-refractivity contribution in [3.63, 3.8) is 0 Å². The van der Waals surface area contributed by atoms with Gasteiger partial charge in [0.05, 0.1) is 6.61 Å². The number of benzene rings is 2. The maximum absolute atomic E-state index is 12.1. The first-order chi connectivity index (χ1) is 10.2. The molecule has 1 amide bonds. The van der Waals surface area contributed by atoms with Crippen molar-refractivity contribution < 1.29 is 9.53 Å². The van der Waals surface area contributed by atoms with Gasteiger partial charge in [0, 0.05) is 12.1 Å². The maximum atomic E-state index is 12.1. The number of ether oxygens (including phenoxy) is 1. The molecular formula is C18H21NO2. The van der Waals surface area contributed by atoms with E-state index in [4.69, 9.17) is 4.74 Å². The molecule has 0 bridgehead atoms. The predicted molar refractivity (Wildman–Crippen MR) is 85.7 cm³/mol. The third-order valence-electron chi connectivity index (χ3n) is 3.31. The molecule has 0 aliphatic carbocycles. The fraction of sp³-hybridized carbons (Fsp3) is 0.278. The Balaban J connectivity index is 1.89. The Labute approximate surface area is 126 Å². The number of rotatable bonds is 6. The first-order valence-corrected chi connectivity index (χ1v) is 7.26. The highest BCUT2D eigenvalue weighted by molar-refractivity contribution is 5.91. The van der Waals surface area contributed by atoms with Crippen LogP contribution in [0.3, 0.4) is 0 Å². The molecule has 3 nitrogen and oxygen atoms in total. The number of hydrogen-bond acceptors (Lipinski definition) is 2. The third-order valence-corrected chi connectivity index (χ3v) is 3.31. The summed E-state index contributed by atoms with van der Waals surface area (Å²) in [6, 6.07) is 17.5. The van der Waals surface area contributed by atoms with Gasteiger partial charge in [-0.2, -0.15) is 0 Å². The Morgan fingerprint density at radius 1 is 1.10 bits per heavy atom. The molecule has 0 radical (unpaired) electrons. The number of amides is 1. The minimum absolute atomic E-state index is 0.0236. The summed E-state index contributed by atoms with van der Waals surface area (Å²) < 4.78 is 5.38. The lowest BCUT2D eigenvalue weighted by molar-refractivity contribution is -0.116. The fourth-order valence-electron chi connectivity index (χ4n) is 2.19. The van der Waals surface area contributed by atoms with Crippen molar-refractivity contribution in [3.8, 4) is 5.75 Å². The van der Waals surface area contributed by atoms with E-state index in [1.807, 2.05) is 49.4 Å². The first kappa shape index (κ1) is 15.1. The second-order valence-corrected chi connectivity index (χ2v) is 5.02. The van der Waals surface area contributed by atoms with Crippen LogP contribution in [0.15, 0.2) is 54.6 Å². The molecule has 0 unspecified atom stereocenters. The number of nitrogens with one attached hydrogen (secondary N) is 1. The molecule has 0 heterocycles. The summed E-state index contributed by atoms with van der Waals surface area (Å²) in [5.74, 6) is 1.04. The Morgan fingerprint density at radius 3 is 2.38 bits per heavy atom. The van der Waals surface area contributed by atoms with Crippen molar-refractivity contribution in [2.24, 2.45) is 0 Å². The molecular weight excluding hydrogens is 262 g/mol. The van der Waals surface area contributed by atoms with Crippen LogP contribution in [0.1, 0.15) is 31.7 Å². The lowest BCUT2D eigenvalue weighted by Gasteiger charge is -2.12. The predicted octanol–water partition coefficient (Wildman–Crippen LogP) is 4.22. The van der Waals surface area contributed by atoms with Gasteiger partial charge >= 0.3 is 0 Å². The van der Waals surface area contributed by atoms with Crippen molar-refractivity contribution in [2.45, 2.75) is 26.2 Å². The van der Waals surface area contributed by atoms with Crippen LogP contribution < -0.4 is 10.1 Å². The number of carbonyl (C=O) groups excluding carboxylic acids is 1. The monoisotopic (exact) mass is 283 g/mol. The zero-order valence-electron chi connectivity index (χ0n) is 12.5. The topological polar surface area (TPSA) is 38.3 Å². The van der Waals surface area contributed by atoms with E-state index in [1.165, 1.54) is 5.56 Å². The number of carbonyl (C=O) groups is 1. The summed E-state index contributed by atoms with van der Waals surface area (Å²) in [7, 11) is 0. The molecule has 2 aromatic rings. The molecule has 0 fully saturated rings. The molecule has 1 atom stereocenters. The van der Waals surface area contributed by atoms with Gasteiger partial charge in [0.25, 0.3) is 0 Å². The molecule has 2 rings (SSSR count). The highest BCUT2D eigenvalue weighted by Crippen LogP contribution is 2.20. The van der Waals surface area contributed by atoms with Crippen LogP contribution in [0, 0.1) is 0 Å². The van der Waals surface area contributed by atoms with Gasteiger partial charge in [-0.3, -0.25) is 4.79 Å². The van der Waals surface area contributed by atoms with Crippen molar-refractivity contribution >= 4 is 11.6 Å². The average Bonchev–Trinajstić information content (AvgIpc) is 2.50. The van der Waals surface area contributed by atoms with Gasteiger partial charge in [0.1, 0.15) is 5.75 Å². The quantitative estimate of drug-likeness (QED) is 0.862. The van der Waals surface area contributed by atoms with E-state index in [9.17, 15) is 4.79 Å². The van der Waals surface area contributed by atoms with E-state index in [0.717, 1.165) is 11.4 Å². The molecule has 2 aromatic carbocycles. The normalized spacial score (nSPS) is 11.7. The van der Waals surface area contributed by atoms with Crippen LogP contribution in [-0.4, -0.2) is 12.5 Å². The average molecular weight is 283 g/mol. The van der Waals surface area contributed by atoms with Gasteiger partial charge in [-0.1, -0.05) is 37.3 Å². The molecule has 0 aromatic heterocycles. The highest BCUT2D eigenvalue weighted by atomic mass is 16.5. The minimum atomic E-state index is 0.0236. The number of hydrogen-bond donors (Lipinski definition) is 1. The Morgan fingerprint density at radius 2 is 1.76 bits per heavy atom. The molecule has 0 spiro atoms. The van der Waals surface area contributed by atoms with Crippen LogP contribution in [-0.2, 0) is 4.79 Å². The van der Waals surface area contributed by atoms with Crippen LogP contribution in [0.4, 0.5) is 5.69 Å². The van der Waals surface area contributed by atoms with Crippen molar-refractivity contribution in [1.29, 1.82) is 0 Å². The van der Waals surface area contributed by atoms with Crippen LogP contribution >= 0.6 is 0 Å². The maximum Gasteiger partial charge on any atom is 0.224 e. The summed E-state index contributed by atoms with van der Waals surface area (Å²) in [6.07, 6.45) is 0.469. The molecule has 0 saturated carbocycles. The fourth-order valence-corrected chi connectivity index (χ4v) is 2.19. The van der Waals surface area contributed by atoms with Crippen LogP contribution in [0.2, 0.25) is 0 Å². The first-order valence-electron chi connectivity index (χ1n) is 7.26. The summed E-state index contributed by atoms with van der Waals surface area (Å²) in [5.41, 5.74) is 1.98. The van der Waals surface area contributed by atoms with Crippen molar-refractivity contribution in [3.05, 3.63) is 60.2 Å². The van der Waals surface area contributed by atoms with Gasteiger partial charge in [-0.05, 0) is 42.7 Å². The molecule has 0 aliphatic rings. The van der Waals surface area contributed by atoms with Gasteiger partial charge in [0.15, 0.2) is 0 Å². The molecule has 110 valence electrons. The molecule has 21 heavy (non-hydrogen) atoms. The molecule has 1 N–H and O–H groups in total. The largest absolute Gasteiger partial charge is 0.494 e. The van der Waals surface area contributed by atoms with Crippen LogP contribution in [0.5, 0.6) is 5.75 Å². The Hall–Kier alpha value is -2.29. The van der Waals surface area contributed by atoms with E-state index >= 15 is 0 Å². The SMILES string of the molecule is CCOc1ccc(NC(=O)C[C@@H](C)c2ccccc2)cc1. The zero-order chi connectivity index (χ0) is 15.1. The van der Waals surface area contributed by atoms with Gasteiger partial charge in [-0.25, -0.2) is 0 Å². The second-order valence-electron chi connectivity index (χ2n) is 5.02. The van der Waals surface area contributed by atoms with E-state index < -0.39 is 0 Å². The number of anilines is 1. The van der Waals surface area contributed by atoms with Crippen LogP contribution in [0.25, 0.3) is 0 Å². The third kappa shape index (κ3) is 4.63. The molecule has 3 heteroatoms. The lowest BCUT2D eigenvalue weighted by Crippen LogP contribution is -2.14. The summed E-state index contributed by atoms with van der Waals surface area (Å²) >= 11 is 0. The molecule has 0 aliphatic heterocycles. The van der Waals surface area contributed by atoms with E-state index in [0.29, 0.717) is 13.0 Å². The van der Waals surface area contributed by atoms with E-state index in [2.05, 4.69) is 24.4 Å². The minimum Gasteiger partial charge on any atom is -0.494 e. The van der Waals surface area contributed by atoms with E-state index in [1.54, 1.807) is 0 Å². The highest BCUT2D eigenvalue weighted by Gasteiger charge is 2.11. The van der Waals surface area contributed by atoms with Crippen molar-refractivity contribution in [1.82, 2.24) is 0 Å². The van der Waals surface area contributed by atoms with Gasteiger partial charge in [-0.15, -0.1) is 0 Å². The zero-order valence-corrected chi connectivity index (χ0v) is 12.5. The Bertz CT molecular complexity index is 564. The summed E-state index contributed by atoms with van der Waals surface area (Å²) in [5, 5.41) is 2.92. The Kier molecular flexibility index (Phi) is 5.38. The summed E-state index contributed by atoms with van der Waals surface area (Å²) in [6.45, 7) is 4.65. The van der Waals surface area contributed by atoms with Crippen molar-refractivity contribution in [2.75, 3.05) is 11.9 Å². The second kappa shape index (κ2) is 7.48. The van der Waals surface area contributed by atoms with E-state index in [-0.39, 0.29) is 11.8 Å². The smallest absolute Gasteiger partial charge is 0.224 e. The van der Waals surface area contributed by atoms with Gasteiger partial charge < -0.3 is 10.1 Å². The molecule has 0 saturated heterocycles. The summed E-state index contributed by atoms with van der Waals surface area (Å²) in [4.78, 5) is 12.1. The lowest BCUT2D eigenvalue weighted by atomic mass is 9.97. The standard InChI is InChI=1S/C18H21NO2/c1-3-21-17-11-9-16(10-12-17)19-18(20)13-14(2)15-7-5-4-6-8-15/h4-12,14H,3,13H2,1-2H3,(H,19,20)/t14-/m1/s1. The van der Waals surface area contributed by atoms with Gasteiger partial charge in [0.2, 0.25) is 5.91 Å².